The maximum atomic E-state index is 12.7. The molecule has 0 spiro atoms. The molecule has 0 fully saturated rings. The van der Waals surface area contributed by atoms with E-state index >= 15 is 0 Å². The Balaban J connectivity index is 1.60. The summed E-state index contributed by atoms with van der Waals surface area (Å²) in [7, 11) is 0. The van der Waals surface area contributed by atoms with Crippen molar-refractivity contribution < 1.29 is 19.1 Å². The molecule has 3 rings (SSSR count). The zero-order valence-corrected chi connectivity index (χ0v) is 16.5. The highest BCUT2D eigenvalue weighted by molar-refractivity contribution is 5.94. The Labute approximate surface area is 178 Å². The van der Waals surface area contributed by atoms with Crippen LogP contribution in [0, 0.1) is 0 Å². The van der Waals surface area contributed by atoms with Crippen LogP contribution in [0.1, 0.15) is 21.6 Å². The van der Waals surface area contributed by atoms with Crippen LogP contribution >= 0.6 is 0 Å². The van der Waals surface area contributed by atoms with E-state index in [0.717, 1.165) is 11.1 Å². The number of amides is 3. The highest BCUT2D eigenvalue weighted by atomic mass is 16.5. The van der Waals surface area contributed by atoms with Gasteiger partial charge in [0.05, 0.1) is 6.20 Å². The summed E-state index contributed by atoms with van der Waals surface area (Å²) in [5.41, 5.74) is 6.25. The summed E-state index contributed by atoms with van der Waals surface area (Å²) >= 11 is 0. The fourth-order valence-corrected chi connectivity index (χ4v) is 2.65. The van der Waals surface area contributed by atoms with Crippen molar-refractivity contribution in [2.45, 2.75) is 19.1 Å². The number of aromatic nitrogens is 2. The molecular formula is C22H21N5O4. The Morgan fingerprint density at radius 2 is 1.55 bits per heavy atom. The van der Waals surface area contributed by atoms with Gasteiger partial charge in [0.2, 0.25) is 0 Å². The molecular weight excluding hydrogens is 398 g/mol. The van der Waals surface area contributed by atoms with Crippen molar-refractivity contribution in [2.24, 2.45) is 0 Å². The molecule has 1 heterocycles. The number of hydrogen-bond donors (Lipinski definition) is 3. The smallest absolute Gasteiger partial charge is 0.408 e. The molecule has 0 saturated heterocycles. The number of ether oxygens (including phenoxy) is 1. The van der Waals surface area contributed by atoms with Crippen LogP contribution in [0.4, 0.5) is 4.79 Å². The lowest BCUT2D eigenvalue weighted by molar-refractivity contribution is -0.123. The van der Waals surface area contributed by atoms with Gasteiger partial charge in [-0.2, -0.15) is 0 Å². The predicted octanol–water partition coefficient (Wildman–Crippen LogP) is 1.78. The molecule has 0 saturated carbocycles. The van der Waals surface area contributed by atoms with Crippen molar-refractivity contribution in [3.8, 4) is 0 Å². The number of rotatable bonds is 7. The summed E-state index contributed by atoms with van der Waals surface area (Å²) in [5, 5.41) is 2.55. The van der Waals surface area contributed by atoms with E-state index in [-0.39, 0.29) is 18.7 Å². The molecule has 1 aromatic heterocycles. The first-order valence-electron chi connectivity index (χ1n) is 9.49. The summed E-state index contributed by atoms with van der Waals surface area (Å²) < 4.78 is 5.21. The van der Waals surface area contributed by atoms with E-state index in [1.165, 1.54) is 18.6 Å². The standard InChI is InChI=1S/C22H21N5O4/c28-20(26-27-21(29)19-14-23-11-12-24-19)18(13-16-7-3-1-4-8-16)25-22(30)31-15-17-9-5-2-6-10-17/h1-12,14,18H,13,15H2,(H,25,30)(H,26,28)(H,27,29)/t18-/m0/s1. The van der Waals surface area contributed by atoms with E-state index in [4.69, 9.17) is 4.74 Å². The molecule has 0 aliphatic heterocycles. The van der Waals surface area contributed by atoms with E-state index < -0.39 is 23.9 Å². The summed E-state index contributed by atoms with van der Waals surface area (Å²) in [6, 6.07) is 17.4. The zero-order chi connectivity index (χ0) is 21.9. The molecule has 0 unspecified atom stereocenters. The molecule has 0 aliphatic carbocycles. The quantitative estimate of drug-likeness (QED) is 0.502. The van der Waals surface area contributed by atoms with Gasteiger partial charge in [0.1, 0.15) is 18.3 Å². The summed E-state index contributed by atoms with van der Waals surface area (Å²) in [5.74, 6) is -1.25. The van der Waals surface area contributed by atoms with E-state index in [1.807, 2.05) is 60.7 Å². The predicted molar refractivity (Wildman–Crippen MR) is 111 cm³/mol. The van der Waals surface area contributed by atoms with Crippen molar-refractivity contribution in [1.29, 1.82) is 0 Å². The van der Waals surface area contributed by atoms with Gasteiger partial charge in [0.15, 0.2) is 0 Å². The fraction of sp³-hybridized carbons (Fsp3) is 0.136. The van der Waals surface area contributed by atoms with Crippen LogP contribution in [0.15, 0.2) is 79.3 Å². The summed E-state index contributed by atoms with van der Waals surface area (Å²) in [6.07, 6.45) is 3.51. The lowest BCUT2D eigenvalue weighted by Crippen LogP contribution is -2.53. The second-order valence-corrected chi connectivity index (χ2v) is 6.48. The molecule has 9 heteroatoms. The lowest BCUT2D eigenvalue weighted by Gasteiger charge is -2.18. The number of carbonyl (C=O) groups is 3. The molecule has 0 radical (unpaired) electrons. The average molecular weight is 419 g/mol. The number of nitrogens with one attached hydrogen (secondary N) is 3. The fourth-order valence-electron chi connectivity index (χ4n) is 2.65. The number of nitrogens with zero attached hydrogens (tertiary/aromatic N) is 2. The monoisotopic (exact) mass is 419 g/mol. The largest absolute Gasteiger partial charge is 0.445 e. The van der Waals surface area contributed by atoms with E-state index in [9.17, 15) is 14.4 Å². The third-order valence-corrected chi connectivity index (χ3v) is 4.20. The molecule has 3 aromatic rings. The molecule has 158 valence electrons. The SMILES string of the molecule is O=C(N[C@@H](Cc1ccccc1)C(=O)NNC(=O)c1cnccn1)OCc1ccccc1. The van der Waals surface area contributed by atoms with Crippen molar-refractivity contribution in [2.75, 3.05) is 0 Å². The molecule has 9 nitrogen and oxygen atoms in total. The first kappa shape index (κ1) is 21.4. The first-order chi connectivity index (χ1) is 15.1. The zero-order valence-electron chi connectivity index (χ0n) is 16.5. The van der Waals surface area contributed by atoms with Crippen molar-refractivity contribution >= 4 is 17.9 Å². The second-order valence-electron chi connectivity index (χ2n) is 6.48. The normalized spacial score (nSPS) is 11.1. The number of carbonyl (C=O) groups excluding carboxylic acids is 3. The number of benzene rings is 2. The number of hydrazine groups is 1. The number of alkyl carbamates (subject to hydrolysis) is 1. The Morgan fingerprint density at radius 1 is 0.871 bits per heavy atom. The number of hydrogen-bond acceptors (Lipinski definition) is 6. The highest BCUT2D eigenvalue weighted by Crippen LogP contribution is 2.05. The minimum atomic E-state index is -0.979. The van der Waals surface area contributed by atoms with E-state index in [1.54, 1.807) is 0 Å². The van der Waals surface area contributed by atoms with Crippen LogP contribution in [-0.4, -0.2) is 33.9 Å². The van der Waals surface area contributed by atoms with Gasteiger partial charge in [-0.05, 0) is 11.1 Å². The summed E-state index contributed by atoms with van der Waals surface area (Å²) in [4.78, 5) is 44.6. The highest BCUT2D eigenvalue weighted by Gasteiger charge is 2.23. The van der Waals surface area contributed by atoms with Gasteiger partial charge in [0, 0.05) is 18.8 Å². The molecule has 0 bridgehead atoms. The van der Waals surface area contributed by atoms with Crippen molar-refractivity contribution in [3.05, 3.63) is 96.1 Å². The van der Waals surface area contributed by atoms with E-state index in [2.05, 4.69) is 26.1 Å². The maximum absolute atomic E-state index is 12.7. The van der Waals surface area contributed by atoms with E-state index in [0.29, 0.717) is 0 Å². The average Bonchev–Trinajstić information content (AvgIpc) is 2.82. The van der Waals surface area contributed by atoms with Crippen LogP contribution in [0.2, 0.25) is 0 Å². The molecule has 2 aromatic carbocycles. The van der Waals surface area contributed by atoms with Crippen molar-refractivity contribution in [3.63, 3.8) is 0 Å². The van der Waals surface area contributed by atoms with Gasteiger partial charge in [-0.25, -0.2) is 9.78 Å². The van der Waals surface area contributed by atoms with Gasteiger partial charge in [-0.15, -0.1) is 0 Å². The third kappa shape index (κ3) is 6.93. The first-order valence-corrected chi connectivity index (χ1v) is 9.49. The molecule has 1 atom stereocenters. The molecule has 3 amide bonds. The molecule has 0 aliphatic rings. The Morgan fingerprint density at radius 3 is 2.19 bits per heavy atom. The summed E-state index contributed by atoms with van der Waals surface area (Å²) in [6.45, 7) is 0.0652. The Hall–Kier alpha value is -4.27. The van der Waals surface area contributed by atoms with Crippen molar-refractivity contribution in [1.82, 2.24) is 26.1 Å². The minimum absolute atomic E-state index is 0.0395. The maximum Gasteiger partial charge on any atom is 0.408 e. The van der Waals surface area contributed by atoms with Crippen LogP contribution in [0.3, 0.4) is 0 Å². The van der Waals surface area contributed by atoms with Crippen LogP contribution < -0.4 is 16.2 Å². The van der Waals surface area contributed by atoms with Gasteiger partial charge in [-0.1, -0.05) is 60.7 Å². The lowest BCUT2D eigenvalue weighted by atomic mass is 10.1. The second kappa shape index (κ2) is 11.1. The minimum Gasteiger partial charge on any atom is -0.445 e. The topological polar surface area (TPSA) is 122 Å². The molecule has 31 heavy (non-hydrogen) atoms. The molecule has 3 N–H and O–H groups in total. The van der Waals surface area contributed by atoms with Gasteiger partial charge >= 0.3 is 6.09 Å². The van der Waals surface area contributed by atoms with Gasteiger partial charge in [-0.3, -0.25) is 25.4 Å². The Bertz CT molecular complexity index is 1000. The van der Waals surface area contributed by atoms with Gasteiger partial charge < -0.3 is 10.1 Å². The van der Waals surface area contributed by atoms with Gasteiger partial charge in [0.25, 0.3) is 11.8 Å². The third-order valence-electron chi connectivity index (χ3n) is 4.20. The van der Waals surface area contributed by atoms with Crippen LogP contribution in [0.25, 0.3) is 0 Å². The van der Waals surface area contributed by atoms with Crippen LogP contribution in [-0.2, 0) is 22.6 Å². The Kier molecular flexibility index (Phi) is 7.64. The van der Waals surface area contributed by atoms with Crippen LogP contribution in [0.5, 0.6) is 0 Å².